The van der Waals surface area contributed by atoms with E-state index in [1.807, 2.05) is 0 Å². The number of hydrogen-bond donors (Lipinski definition) is 6. The lowest BCUT2D eigenvalue weighted by Crippen LogP contribution is -2.95. The van der Waals surface area contributed by atoms with E-state index < -0.39 is 69.2 Å². The van der Waals surface area contributed by atoms with Crippen LogP contribution in [-0.4, -0.2) is 108 Å². The summed E-state index contributed by atoms with van der Waals surface area (Å²) >= 11 is 0. The van der Waals surface area contributed by atoms with Gasteiger partial charge < -0.3 is 91.3 Å². The number of quaternary nitrogens is 6. The Bertz CT molecular complexity index is 2180. The highest BCUT2D eigenvalue weighted by Gasteiger charge is 2.29. The average Bonchev–Trinajstić information content (AvgIpc) is 0.842. The van der Waals surface area contributed by atoms with Gasteiger partial charge in [-0.3, -0.25) is 0 Å². The second-order valence-corrected chi connectivity index (χ2v) is 35.3. The molecule has 0 bridgehead atoms. The van der Waals surface area contributed by atoms with Crippen molar-refractivity contribution in [1.82, 2.24) is 0 Å². The molecule has 0 atom stereocenters. The first-order valence-corrected chi connectivity index (χ1v) is 45.2. The summed E-state index contributed by atoms with van der Waals surface area (Å²) < 4.78 is 0. The molecule has 0 heterocycles. The molecule has 12 saturated carbocycles. The summed E-state index contributed by atoms with van der Waals surface area (Å²) in [6.07, 6.45) is 89.7. The Hall–Kier alpha value is -4.98. The Labute approximate surface area is 651 Å². The number of carbonyl (C=O) groups excluding carboxylic acids is 6. The van der Waals surface area contributed by atoms with Crippen LogP contribution in [-0.2, 0) is 0 Å². The Morgan fingerprint density at radius 1 is 0.157 bits per heavy atom. The maximum absolute atomic E-state index is 10.4. The van der Waals surface area contributed by atoms with Crippen molar-refractivity contribution >= 4 is 35.8 Å². The molecule has 0 radical (unpaired) electrons. The maximum Gasteiger partial charge on any atom is 0.0861 e. The molecule has 18 heteroatoms. The minimum absolute atomic E-state index is 0.559. The predicted molar refractivity (Wildman–Crippen MR) is 413 cm³/mol. The van der Waals surface area contributed by atoms with Crippen LogP contribution >= 0.6 is 0 Å². The topological polar surface area (TPSA) is 340 Å². The highest BCUT2D eigenvalue weighted by atomic mass is 16.4. The van der Waals surface area contributed by atoms with Gasteiger partial charge in [-0.05, 0) is 378 Å². The molecule has 12 aliphatic carbocycles. The first-order valence-electron chi connectivity index (χ1n) is 45.2. The van der Waals surface area contributed by atoms with Gasteiger partial charge in [0, 0.05) is 0 Å². The number of carboxylic acid groups (broad SMARTS) is 6. The van der Waals surface area contributed by atoms with Gasteiger partial charge in [0.15, 0.2) is 0 Å². The lowest BCUT2D eigenvalue weighted by Gasteiger charge is -2.27. The molecule has 612 valence electrons. The Kier molecular flexibility index (Phi) is 45.0. The van der Waals surface area contributed by atoms with Gasteiger partial charge in [-0.1, -0.05) is 77.0 Å². The predicted octanol–water partition coefficient (Wildman–Crippen LogP) is 6.85. The van der Waals surface area contributed by atoms with Crippen LogP contribution in [0.3, 0.4) is 0 Å². The lowest BCUT2D eigenvalue weighted by atomic mass is 9.91. The molecule has 0 saturated heterocycles. The van der Waals surface area contributed by atoms with E-state index >= 15 is 0 Å². The van der Waals surface area contributed by atoms with Crippen molar-refractivity contribution in [2.24, 2.45) is 0 Å². The quantitative estimate of drug-likeness (QED) is 0.0893. The third-order valence-electron chi connectivity index (χ3n) is 26.3. The molecule has 0 unspecified atom stereocenters. The van der Waals surface area contributed by atoms with Crippen molar-refractivity contribution in [3.8, 4) is 0 Å². The highest BCUT2D eigenvalue weighted by molar-refractivity contribution is 5.98. The fourth-order valence-corrected chi connectivity index (χ4v) is 20.2. The average molecular weight is 1510 g/mol. The molecular formula is C90H150N6O12. The molecular weight excluding hydrogens is 1360 g/mol. The molecule has 0 amide bonds. The molecule has 108 heavy (non-hydrogen) atoms. The van der Waals surface area contributed by atoms with Crippen LogP contribution in [0.1, 0.15) is 447 Å². The lowest BCUT2D eigenvalue weighted by molar-refractivity contribution is -0.726. The van der Waals surface area contributed by atoms with Crippen molar-refractivity contribution in [2.75, 3.05) is 0 Å². The van der Waals surface area contributed by atoms with Gasteiger partial charge in [0.1, 0.15) is 0 Å². The molecule has 14 rings (SSSR count). The minimum atomic E-state index is -1.68. The second-order valence-electron chi connectivity index (χ2n) is 35.3. The van der Waals surface area contributed by atoms with Gasteiger partial charge in [0.25, 0.3) is 0 Å². The fourth-order valence-electron chi connectivity index (χ4n) is 20.2. The molecule has 0 aliphatic heterocycles. The van der Waals surface area contributed by atoms with Crippen LogP contribution in [0.15, 0.2) is 36.4 Å². The Morgan fingerprint density at radius 3 is 0.296 bits per heavy atom. The van der Waals surface area contributed by atoms with E-state index in [-0.39, 0.29) is 0 Å². The van der Waals surface area contributed by atoms with Gasteiger partial charge in [0.05, 0.1) is 108 Å². The summed E-state index contributed by atoms with van der Waals surface area (Å²) in [6, 6.07) is 16.4. The van der Waals surface area contributed by atoms with Crippen LogP contribution in [0.2, 0.25) is 0 Å². The molecule has 12 aliphatic rings. The van der Waals surface area contributed by atoms with Crippen LogP contribution in [0.5, 0.6) is 0 Å². The van der Waals surface area contributed by atoms with E-state index in [2.05, 4.69) is 31.9 Å². The normalized spacial score (nSPS) is 22.7. The SMILES string of the molecule is C1CCC([NH2+]C2CCCCC2)CC1.C1CCC([NH2+]C2CCCCC2)CC1.C1CCC([NH2+]C2CCCCC2)CC1.C1CCC([NH2+]C2CCCCC2)CC1.C1CCC([NH2+]C2CCCCC2)CC1.C1CCC([NH2+]C2CCCCC2)CC1.O=C([O-])c1cc(C(=O)[O-])cc(C(=O)[O-])c1.O=C([O-])c1cc(C(=O)[O-])cc(C(=O)[O-])c1. The first kappa shape index (κ1) is 90.2. The third-order valence-corrected chi connectivity index (χ3v) is 26.3. The summed E-state index contributed by atoms with van der Waals surface area (Å²) in [6.45, 7) is 0. The number of hydrogen-bond acceptors (Lipinski definition) is 12. The van der Waals surface area contributed by atoms with Gasteiger partial charge >= 0.3 is 0 Å². The minimum Gasteiger partial charge on any atom is -0.545 e. The van der Waals surface area contributed by atoms with Crippen LogP contribution in [0.25, 0.3) is 0 Å². The monoisotopic (exact) mass is 1510 g/mol. The van der Waals surface area contributed by atoms with Gasteiger partial charge in [0.2, 0.25) is 0 Å². The highest BCUT2D eigenvalue weighted by Crippen LogP contribution is 2.25. The van der Waals surface area contributed by atoms with Crippen molar-refractivity contribution in [2.45, 2.75) is 458 Å². The summed E-state index contributed by atoms with van der Waals surface area (Å²) in [4.78, 5) is 62.5. The zero-order valence-electron chi connectivity index (χ0n) is 67.2. The third kappa shape index (κ3) is 38.0. The van der Waals surface area contributed by atoms with E-state index in [1.165, 1.54) is 385 Å². The fraction of sp³-hybridized carbons (Fsp3) is 0.800. The number of nitrogens with two attached hydrogens (primary N) is 6. The summed E-state index contributed by atoms with van der Waals surface area (Å²) in [7, 11) is 0. The van der Waals surface area contributed by atoms with Crippen molar-refractivity contribution in [1.29, 1.82) is 0 Å². The molecule has 0 spiro atoms. The molecule has 0 aromatic heterocycles. The zero-order valence-corrected chi connectivity index (χ0v) is 67.2. The molecule has 2 aromatic carbocycles. The summed E-state index contributed by atoms with van der Waals surface area (Å²) in [5, 5.41) is 78.8. The van der Waals surface area contributed by atoms with Crippen molar-refractivity contribution in [3.05, 3.63) is 69.8 Å². The first-order chi connectivity index (χ1) is 52.5. The van der Waals surface area contributed by atoms with Crippen molar-refractivity contribution in [3.63, 3.8) is 0 Å². The Morgan fingerprint density at radius 2 is 0.231 bits per heavy atom. The number of aromatic carboxylic acids is 6. The smallest absolute Gasteiger partial charge is 0.0861 e. The number of rotatable bonds is 18. The Balaban J connectivity index is 0.000000172. The van der Waals surface area contributed by atoms with E-state index in [0.717, 1.165) is 109 Å². The number of benzene rings is 2. The largest absolute Gasteiger partial charge is 0.545 e. The summed E-state index contributed by atoms with van der Waals surface area (Å²) in [5.74, 6) is -10.1. The molecule has 18 nitrogen and oxygen atoms in total. The van der Waals surface area contributed by atoms with Crippen molar-refractivity contribution < 1.29 is 91.3 Å². The van der Waals surface area contributed by atoms with Crippen LogP contribution in [0.4, 0.5) is 0 Å². The van der Waals surface area contributed by atoms with Gasteiger partial charge in [-0.25, -0.2) is 0 Å². The second kappa shape index (κ2) is 53.9. The van der Waals surface area contributed by atoms with Crippen LogP contribution in [0, 0.1) is 0 Å². The van der Waals surface area contributed by atoms with E-state index in [9.17, 15) is 59.4 Å². The summed E-state index contributed by atoms with van der Waals surface area (Å²) in [5.41, 5.74) is -3.36. The maximum atomic E-state index is 10.4. The van der Waals surface area contributed by atoms with E-state index in [1.54, 1.807) is 0 Å². The van der Waals surface area contributed by atoms with Crippen LogP contribution < -0.4 is 62.5 Å². The van der Waals surface area contributed by atoms with Gasteiger partial charge in [-0.15, -0.1) is 0 Å². The molecule has 12 N–H and O–H groups in total. The standard InChI is InChI=1S/6C12H23N.2C9H6O6/c6*1-3-7-11(8-4-1)13-12-9-5-2-6-10-12;2*10-7(11)4-1-5(8(12)13)3-6(2-4)9(14)15/h6*11-13H,1-10H2;2*1-3H,(H,10,11)(H,12,13)(H,14,15). The molecule has 12 fully saturated rings. The van der Waals surface area contributed by atoms with E-state index in [0.29, 0.717) is 0 Å². The zero-order chi connectivity index (χ0) is 76.8. The number of carbonyl (C=O) groups is 6. The van der Waals surface area contributed by atoms with E-state index in [4.69, 9.17) is 0 Å². The number of carboxylic acids is 6. The molecule has 2 aromatic rings. The van der Waals surface area contributed by atoms with Gasteiger partial charge in [-0.2, -0.15) is 0 Å².